The van der Waals surface area contributed by atoms with E-state index >= 15 is 0 Å². The third-order valence-electron chi connectivity index (χ3n) is 7.08. The van der Waals surface area contributed by atoms with Gasteiger partial charge in [-0.1, -0.05) is 72.3 Å². The number of carbonyl (C=O) groups excluding carboxylic acids is 4. The van der Waals surface area contributed by atoms with E-state index in [0.717, 1.165) is 10.5 Å². The fourth-order valence-electron chi connectivity index (χ4n) is 4.63. The zero-order valence-corrected chi connectivity index (χ0v) is 28.0. The molecule has 246 valence electrons. The Morgan fingerprint density at radius 1 is 0.714 bits per heavy atom. The van der Waals surface area contributed by atoms with Crippen LogP contribution in [-0.4, -0.2) is 30.3 Å². The number of thioether (sulfide) groups is 1. The molecule has 0 aliphatic carbocycles. The molecule has 8 nitrogen and oxygen atoms in total. The zero-order chi connectivity index (χ0) is 34.6. The van der Waals surface area contributed by atoms with Gasteiger partial charge in [-0.2, -0.15) is 0 Å². The van der Waals surface area contributed by atoms with Crippen molar-refractivity contribution in [2.45, 2.75) is 17.1 Å². The third-order valence-corrected chi connectivity index (χ3v) is 8.60. The molecule has 5 aromatic carbocycles. The number of hydrogen-bond donors (Lipinski definition) is 3. The van der Waals surface area contributed by atoms with Crippen LogP contribution in [0.2, 0.25) is 5.02 Å². The SMILES string of the molecule is CCOC(=O)c1ccc(NC(=O)C(Sc2ccc(NC(=O)/C(=C/c3ccc(Cl)cc3)NC(=O)c3ccccc3)cc2)c2ccccc2)cc1. The van der Waals surface area contributed by atoms with Crippen molar-refractivity contribution in [3.63, 3.8) is 0 Å². The summed E-state index contributed by atoms with van der Waals surface area (Å²) in [7, 11) is 0. The van der Waals surface area contributed by atoms with Crippen molar-refractivity contribution in [3.8, 4) is 0 Å². The molecule has 1 atom stereocenters. The minimum Gasteiger partial charge on any atom is -0.462 e. The van der Waals surface area contributed by atoms with Crippen molar-refractivity contribution in [1.29, 1.82) is 0 Å². The van der Waals surface area contributed by atoms with E-state index in [-0.39, 0.29) is 18.2 Å². The van der Waals surface area contributed by atoms with Crippen LogP contribution in [0.4, 0.5) is 11.4 Å². The molecule has 0 fully saturated rings. The monoisotopic (exact) mass is 689 g/mol. The van der Waals surface area contributed by atoms with Crippen LogP contribution in [0.5, 0.6) is 0 Å². The highest BCUT2D eigenvalue weighted by atomic mass is 35.5. The van der Waals surface area contributed by atoms with Gasteiger partial charge in [-0.25, -0.2) is 4.79 Å². The first kappa shape index (κ1) is 34.7. The van der Waals surface area contributed by atoms with Gasteiger partial charge in [0.1, 0.15) is 10.9 Å². The van der Waals surface area contributed by atoms with Gasteiger partial charge in [-0.15, -0.1) is 11.8 Å². The quantitative estimate of drug-likeness (QED) is 0.0689. The van der Waals surface area contributed by atoms with Gasteiger partial charge >= 0.3 is 5.97 Å². The Balaban J connectivity index is 1.30. The molecule has 0 saturated carbocycles. The summed E-state index contributed by atoms with van der Waals surface area (Å²) in [4.78, 5) is 52.8. The highest BCUT2D eigenvalue weighted by Gasteiger charge is 2.23. The molecule has 0 saturated heterocycles. The summed E-state index contributed by atoms with van der Waals surface area (Å²) >= 11 is 7.38. The predicted octanol–water partition coefficient (Wildman–Crippen LogP) is 8.40. The summed E-state index contributed by atoms with van der Waals surface area (Å²) in [5.74, 6) is -1.62. The Hall–Kier alpha value is -5.64. The van der Waals surface area contributed by atoms with E-state index in [0.29, 0.717) is 33.1 Å². The van der Waals surface area contributed by atoms with Crippen LogP contribution in [0.25, 0.3) is 6.08 Å². The minimum atomic E-state index is -0.603. The van der Waals surface area contributed by atoms with E-state index in [2.05, 4.69) is 16.0 Å². The highest BCUT2D eigenvalue weighted by molar-refractivity contribution is 8.00. The molecule has 0 aliphatic rings. The first-order valence-electron chi connectivity index (χ1n) is 15.3. The predicted molar refractivity (Wildman–Crippen MR) is 194 cm³/mol. The molecular formula is C39H32ClN3O5S. The van der Waals surface area contributed by atoms with E-state index in [1.807, 2.05) is 42.5 Å². The number of ether oxygens (including phenoxy) is 1. The van der Waals surface area contributed by atoms with E-state index in [9.17, 15) is 19.2 Å². The first-order valence-corrected chi connectivity index (χ1v) is 16.6. The van der Waals surface area contributed by atoms with Crippen molar-refractivity contribution in [2.75, 3.05) is 17.2 Å². The number of benzene rings is 5. The van der Waals surface area contributed by atoms with Crippen LogP contribution >= 0.6 is 23.4 Å². The molecule has 10 heteroatoms. The lowest BCUT2D eigenvalue weighted by Gasteiger charge is -2.18. The van der Waals surface area contributed by atoms with E-state index < -0.39 is 23.0 Å². The molecule has 3 N–H and O–H groups in total. The number of halogens is 1. The molecule has 5 rings (SSSR count). The van der Waals surface area contributed by atoms with Crippen LogP contribution in [0, 0.1) is 0 Å². The largest absolute Gasteiger partial charge is 0.462 e. The van der Waals surface area contributed by atoms with Crippen LogP contribution in [-0.2, 0) is 14.3 Å². The first-order chi connectivity index (χ1) is 23.8. The normalized spacial score (nSPS) is 11.6. The van der Waals surface area contributed by atoms with E-state index in [4.69, 9.17) is 16.3 Å². The number of carbonyl (C=O) groups is 4. The molecule has 0 aromatic heterocycles. The van der Waals surface area contributed by atoms with Crippen LogP contribution < -0.4 is 16.0 Å². The molecular weight excluding hydrogens is 658 g/mol. The van der Waals surface area contributed by atoms with Gasteiger partial charge in [-0.05, 0) is 96.9 Å². The van der Waals surface area contributed by atoms with Crippen molar-refractivity contribution in [2.24, 2.45) is 0 Å². The molecule has 5 aromatic rings. The van der Waals surface area contributed by atoms with E-state index in [1.165, 1.54) is 11.8 Å². The second kappa shape index (κ2) is 17.0. The van der Waals surface area contributed by atoms with Crippen molar-refractivity contribution < 1.29 is 23.9 Å². The van der Waals surface area contributed by atoms with Crippen molar-refractivity contribution >= 4 is 64.5 Å². The fraction of sp³-hybridized carbons (Fsp3) is 0.0769. The molecule has 0 bridgehead atoms. The molecule has 0 heterocycles. The Kier molecular flexibility index (Phi) is 12.0. The number of esters is 1. The van der Waals surface area contributed by atoms with Gasteiger partial charge in [0.25, 0.3) is 11.8 Å². The average Bonchev–Trinajstić information content (AvgIpc) is 3.13. The highest BCUT2D eigenvalue weighted by Crippen LogP contribution is 2.37. The Bertz CT molecular complexity index is 1930. The number of amides is 3. The lowest BCUT2D eigenvalue weighted by molar-refractivity contribution is -0.116. The molecule has 49 heavy (non-hydrogen) atoms. The van der Waals surface area contributed by atoms with Gasteiger partial charge in [0.15, 0.2) is 0 Å². The summed E-state index contributed by atoms with van der Waals surface area (Å²) in [6.07, 6.45) is 1.57. The maximum Gasteiger partial charge on any atom is 0.338 e. The number of anilines is 2. The van der Waals surface area contributed by atoms with Gasteiger partial charge in [0.2, 0.25) is 5.91 Å². The molecule has 1 unspecified atom stereocenters. The van der Waals surface area contributed by atoms with Crippen LogP contribution in [0.15, 0.2) is 144 Å². The van der Waals surface area contributed by atoms with Gasteiger partial charge < -0.3 is 20.7 Å². The average molecular weight is 690 g/mol. The van der Waals surface area contributed by atoms with Gasteiger partial charge in [-0.3, -0.25) is 14.4 Å². The zero-order valence-electron chi connectivity index (χ0n) is 26.4. The standard InChI is InChI=1S/C39H32ClN3O5S/c1-2-48-39(47)29-15-19-31(20-16-29)42-38(46)35(27-9-5-3-6-10-27)49-33-23-21-32(22-24-33)41-37(45)34(25-26-13-17-30(40)18-14-26)43-36(44)28-11-7-4-8-12-28/h3-25,35H,2H2,1H3,(H,41,45)(H,42,46)(H,43,44)/b34-25-. The van der Waals surface area contributed by atoms with E-state index in [1.54, 1.807) is 104 Å². The number of rotatable bonds is 12. The lowest BCUT2D eigenvalue weighted by atomic mass is 10.1. The molecule has 0 spiro atoms. The van der Waals surface area contributed by atoms with Gasteiger partial charge in [0, 0.05) is 26.9 Å². The Morgan fingerprint density at radius 2 is 1.31 bits per heavy atom. The summed E-state index contributed by atoms with van der Waals surface area (Å²) in [6, 6.07) is 38.5. The Morgan fingerprint density at radius 3 is 1.94 bits per heavy atom. The maximum absolute atomic E-state index is 13.6. The molecule has 0 radical (unpaired) electrons. The number of nitrogens with one attached hydrogen (secondary N) is 3. The van der Waals surface area contributed by atoms with Crippen molar-refractivity contribution in [3.05, 3.63) is 166 Å². The second-order valence-electron chi connectivity index (χ2n) is 10.6. The minimum absolute atomic E-state index is 0.0470. The molecule has 0 aliphatic heterocycles. The maximum atomic E-state index is 13.6. The number of hydrogen-bond acceptors (Lipinski definition) is 6. The summed E-state index contributed by atoms with van der Waals surface area (Å²) in [5, 5.41) is 8.46. The van der Waals surface area contributed by atoms with Gasteiger partial charge in [0.05, 0.1) is 12.2 Å². The van der Waals surface area contributed by atoms with Crippen LogP contribution in [0.3, 0.4) is 0 Å². The van der Waals surface area contributed by atoms with Crippen molar-refractivity contribution in [1.82, 2.24) is 5.32 Å². The smallest absolute Gasteiger partial charge is 0.338 e. The molecule has 3 amide bonds. The lowest BCUT2D eigenvalue weighted by Crippen LogP contribution is -2.30. The summed E-state index contributed by atoms with van der Waals surface area (Å²) < 4.78 is 5.04. The Labute approximate surface area is 293 Å². The fourth-order valence-corrected chi connectivity index (χ4v) is 5.78. The third kappa shape index (κ3) is 9.93. The summed E-state index contributed by atoms with van der Waals surface area (Å²) in [6.45, 7) is 2.01. The van der Waals surface area contributed by atoms with Crippen LogP contribution in [0.1, 0.15) is 44.0 Å². The second-order valence-corrected chi connectivity index (χ2v) is 12.2. The summed E-state index contributed by atoms with van der Waals surface area (Å²) in [5.41, 5.74) is 3.36. The topological polar surface area (TPSA) is 114 Å².